The highest BCUT2D eigenvalue weighted by Crippen LogP contribution is 2.17. The highest BCUT2D eigenvalue weighted by atomic mass is 16.2. The maximum atomic E-state index is 12.8. The molecule has 4 rings (SSSR count). The predicted molar refractivity (Wildman–Crippen MR) is 122 cm³/mol. The number of nitrogens with one attached hydrogen (secondary N) is 2. The van der Waals surface area contributed by atoms with Crippen molar-refractivity contribution in [1.82, 2.24) is 20.1 Å². The van der Waals surface area contributed by atoms with Gasteiger partial charge in [-0.05, 0) is 23.6 Å². The number of hydrogen-bond acceptors (Lipinski definition) is 4. The average molecular weight is 414 g/mol. The third-order valence-electron chi connectivity index (χ3n) is 5.72. The minimum atomic E-state index is -0.193. The summed E-state index contributed by atoms with van der Waals surface area (Å²) in [4.78, 5) is 20.1. The summed E-state index contributed by atoms with van der Waals surface area (Å²) in [5.74, 6) is -0.193. The third-order valence-corrected chi connectivity index (χ3v) is 5.72. The third kappa shape index (κ3) is 5.14. The van der Waals surface area contributed by atoms with Gasteiger partial charge in [-0.25, -0.2) is 0 Å². The number of nitrogens with zero attached hydrogens (tertiary/aromatic N) is 3. The summed E-state index contributed by atoms with van der Waals surface area (Å²) in [6, 6.07) is 20.6. The molecule has 2 N–H and O–H groups in total. The fourth-order valence-electron chi connectivity index (χ4n) is 3.98. The second kappa shape index (κ2) is 9.96. The number of benzene rings is 2. The van der Waals surface area contributed by atoms with Crippen molar-refractivity contribution in [2.24, 2.45) is 0 Å². The van der Waals surface area contributed by atoms with E-state index in [1.54, 1.807) is 11.1 Å². The predicted octanol–water partition coefficient (Wildman–Crippen LogP) is 3.05. The topological polar surface area (TPSA) is 75.2 Å². The van der Waals surface area contributed by atoms with E-state index in [9.17, 15) is 10.1 Å². The van der Waals surface area contributed by atoms with Crippen LogP contribution in [-0.2, 0) is 17.8 Å². The van der Waals surface area contributed by atoms with Gasteiger partial charge in [0, 0.05) is 62.6 Å². The van der Waals surface area contributed by atoms with Gasteiger partial charge in [-0.3, -0.25) is 9.69 Å². The molecule has 0 radical (unpaired) electrons. The van der Waals surface area contributed by atoms with E-state index >= 15 is 0 Å². The molecule has 1 fully saturated rings. The molecule has 6 nitrogen and oxygen atoms in total. The Morgan fingerprint density at radius 2 is 1.81 bits per heavy atom. The summed E-state index contributed by atoms with van der Waals surface area (Å²) in [7, 11) is 0. The number of piperazine rings is 1. The molecule has 2 aromatic carbocycles. The summed E-state index contributed by atoms with van der Waals surface area (Å²) in [6.07, 6.45) is 4.39. The van der Waals surface area contributed by atoms with Crippen molar-refractivity contribution in [3.63, 3.8) is 0 Å². The van der Waals surface area contributed by atoms with Crippen molar-refractivity contribution in [2.75, 3.05) is 32.7 Å². The zero-order chi connectivity index (χ0) is 21.5. The Hall–Kier alpha value is -3.56. The number of rotatable bonds is 7. The maximum Gasteiger partial charge on any atom is 0.266 e. The average Bonchev–Trinajstić information content (AvgIpc) is 3.23. The lowest BCUT2D eigenvalue weighted by Gasteiger charge is -2.34. The Morgan fingerprint density at radius 1 is 1.06 bits per heavy atom. The first-order valence-electron chi connectivity index (χ1n) is 10.7. The van der Waals surface area contributed by atoms with E-state index < -0.39 is 0 Å². The zero-order valence-electron chi connectivity index (χ0n) is 17.6. The Morgan fingerprint density at radius 3 is 2.58 bits per heavy atom. The van der Waals surface area contributed by atoms with Crippen molar-refractivity contribution < 1.29 is 4.79 Å². The number of H-pyrrole nitrogens is 1. The Kier molecular flexibility index (Phi) is 6.65. The number of para-hydroxylation sites is 1. The molecule has 6 heteroatoms. The van der Waals surface area contributed by atoms with E-state index in [1.165, 1.54) is 16.5 Å². The van der Waals surface area contributed by atoms with Crippen molar-refractivity contribution in [1.29, 1.82) is 5.26 Å². The van der Waals surface area contributed by atoms with Gasteiger partial charge in [0.1, 0.15) is 11.6 Å². The maximum absolute atomic E-state index is 12.8. The molecule has 0 saturated carbocycles. The highest BCUT2D eigenvalue weighted by Gasteiger charge is 2.23. The Labute approximate surface area is 182 Å². The van der Waals surface area contributed by atoms with E-state index in [0.29, 0.717) is 19.6 Å². The van der Waals surface area contributed by atoms with Gasteiger partial charge in [0.25, 0.3) is 5.91 Å². The molecule has 3 aromatic rings. The molecule has 0 spiro atoms. The lowest BCUT2D eigenvalue weighted by molar-refractivity contribution is -0.128. The smallest absolute Gasteiger partial charge is 0.266 e. The number of carbonyl (C=O) groups is 1. The lowest BCUT2D eigenvalue weighted by atomic mass is 10.1. The van der Waals surface area contributed by atoms with Gasteiger partial charge < -0.3 is 15.2 Å². The van der Waals surface area contributed by atoms with Crippen LogP contribution in [0.1, 0.15) is 11.1 Å². The minimum Gasteiger partial charge on any atom is -0.389 e. The van der Waals surface area contributed by atoms with Crippen LogP contribution < -0.4 is 5.32 Å². The summed E-state index contributed by atoms with van der Waals surface area (Å²) in [5, 5.41) is 13.8. The molecule has 0 unspecified atom stereocenters. The van der Waals surface area contributed by atoms with Crippen LogP contribution in [0.3, 0.4) is 0 Å². The highest BCUT2D eigenvalue weighted by molar-refractivity contribution is 5.97. The molecule has 0 aliphatic carbocycles. The molecule has 2 heterocycles. The summed E-state index contributed by atoms with van der Waals surface area (Å²) in [5.41, 5.74) is 3.78. The monoisotopic (exact) mass is 413 g/mol. The quantitative estimate of drug-likeness (QED) is 0.355. The molecule has 1 amide bonds. The molecular weight excluding hydrogens is 386 g/mol. The summed E-state index contributed by atoms with van der Waals surface area (Å²) >= 11 is 0. The largest absolute Gasteiger partial charge is 0.389 e. The summed E-state index contributed by atoms with van der Waals surface area (Å²) in [6.45, 7) is 4.45. The van der Waals surface area contributed by atoms with Crippen LogP contribution in [0.2, 0.25) is 0 Å². The van der Waals surface area contributed by atoms with Crippen LogP contribution in [0.15, 0.2) is 72.6 Å². The SMILES string of the molecule is N#C/C(=C/NCCc1c[nH]c2ccccc12)C(=O)N1CCN(Cc2ccccc2)CC1. The number of carbonyl (C=O) groups excluding carboxylic acids is 1. The molecule has 158 valence electrons. The standard InChI is InChI=1S/C25H27N5O/c26-16-22(17-27-11-10-21-18-28-24-9-5-4-8-23(21)24)25(31)30-14-12-29(13-15-30)19-20-6-2-1-3-7-20/h1-9,17-18,27-28H,10-15,19H2/b22-17-. The van der Waals surface area contributed by atoms with Crippen LogP contribution in [0.4, 0.5) is 0 Å². The van der Waals surface area contributed by atoms with Crippen LogP contribution >= 0.6 is 0 Å². The van der Waals surface area contributed by atoms with E-state index in [0.717, 1.165) is 31.6 Å². The first kappa shape index (κ1) is 20.7. The van der Waals surface area contributed by atoms with Crippen molar-refractivity contribution in [3.05, 3.63) is 83.7 Å². The van der Waals surface area contributed by atoms with Gasteiger partial charge in [-0.2, -0.15) is 5.26 Å². The van der Waals surface area contributed by atoms with Crippen LogP contribution in [0.25, 0.3) is 10.9 Å². The molecule has 1 aromatic heterocycles. The van der Waals surface area contributed by atoms with Crippen LogP contribution in [0.5, 0.6) is 0 Å². The van der Waals surface area contributed by atoms with Gasteiger partial charge in [-0.1, -0.05) is 48.5 Å². The molecule has 0 bridgehead atoms. The van der Waals surface area contributed by atoms with Crippen molar-refractivity contribution in [2.45, 2.75) is 13.0 Å². The van der Waals surface area contributed by atoms with Crippen LogP contribution in [0, 0.1) is 11.3 Å². The molecular formula is C25H27N5O. The van der Waals surface area contributed by atoms with Crippen molar-refractivity contribution >= 4 is 16.8 Å². The molecule has 31 heavy (non-hydrogen) atoms. The lowest BCUT2D eigenvalue weighted by Crippen LogP contribution is -2.48. The fraction of sp³-hybridized carbons (Fsp3) is 0.280. The first-order chi connectivity index (χ1) is 15.2. The molecule has 1 aliphatic rings. The van der Waals surface area contributed by atoms with Crippen molar-refractivity contribution in [3.8, 4) is 6.07 Å². The number of aromatic amines is 1. The number of aromatic nitrogens is 1. The zero-order valence-corrected chi connectivity index (χ0v) is 17.6. The minimum absolute atomic E-state index is 0.162. The summed E-state index contributed by atoms with van der Waals surface area (Å²) < 4.78 is 0. The molecule has 0 atom stereocenters. The molecule has 1 saturated heterocycles. The van der Waals surface area contributed by atoms with Gasteiger partial charge in [0.05, 0.1) is 0 Å². The second-order valence-corrected chi connectivity index (χ2v) is 7.79. The van der Waals surface area contributed by atoms with Gasteiger partial charge in [-0.15, -0.1) is 0 Å². The Bertz CT molecular complexity index is 1090. The number of nitriles is 1. The van der Waals surface area contributed by atoms with Gasteiger partial charge in [0.2, 0.25) is 0 Å². The molecule has 1 aliphatic heterocycles. The first-order valence-corrected chi connectivity index (χ1v) is 10.7. The van der Waals surface area contributed by atoms with Gasteiger partial charge in [0.15, 0.2) is 0 Å². The number of fused-ring (bicyclic) bond motifs is 1. The van der Waals surface area contributed by atoms with E-state index in [2.05, 4.69) is 45.5 Å². The second-order valence-electron chi connectivity index (χ2n) is 7.79. The number of hydrogen-bond donors (Lipinski definition) is 2. The number of amides is 1. The van der Waals surface area contributed by atoms with E-state index in [4.69, 9.17) is 0 Å². The fourth-order valence-corrected chi connectivity index (χ4v) is 3.98. The Balaban J connectivity index is 1.26. The van der Waals surface area contributed by atoms with Gasteiger partial charge >= 0.3 is 0 Å². The van der Waals surface area contributed by atoms with Crippen LogP contribution in [-0.4, -0.2) is 53.4 Å². The van der Waals surface area contributed by atoms with E-state index in [1.807, 2.05) is 36.5 Å². The van der Waals surface area contributed by atoms with E-state index in [-0.39, 0.29) is 11.5 Å². The normalized spacial score (nSPS) is 15.1.